The lowest BCUT2D eigenvalue weighted by Crippen LogP contribution is -2.31. The van der Waals surface area contributed by atoms with Gasteiger partial charge in [0.25, 0.3) is 0 Å². The minimum Gasteiger partial charge on any atom is -0.481 e. The average molecular weight is 280 g/mol. The van der Waals surface area contributed by atoms with Crippen LogP contribution >= 0.6 is 11.6 Å². The fraction of sp³-hybridized carbons (Fsp3) is 0.400. The van der Waals surface area contributed by atoms with Crippen LogP contribution in [0.2, 0.25) is 5.02 Å². The molecule has 2 aromatic rings. The molecule has 1 aromatic carbocycles. The van der Waals surface area contributed by atoms with Gasteiger partial charge in [0.1, 0.15) is 5.41 Å². The van der Waals surface area contributed by atoms with E-state index in [1.807, 2.05) is 42.7 Å². The Kier molecular flexibility index (Phi) is 3.35. The zero-order valence-corrected chi connectivity index (χ0v) is 12.3. The number of para-hydroxylation sites is 1. The van der Waals surface area contributed by atoms with Crippen molar-refractivity contribution < 1.29 is 9.90 Å². The van der Waals surface area contributed by atoms with Crippen LogP contribution < -0.4 is 0 Å². The molecule has 0 aliphatic carbocycles. The maximum absolute atomic E-state index is 11.5. The molecule has 1 aromatic heterocycles. The van der Waals surface area contributed by atoms with E-state index in [1.165, 1.54) is 0 Å². The zero-order chi connectivity index (χ0) is 14.4. The molecule has 0 saturated heterocycles. The standard InChI is InChI=1S/C15H18ClNO2/c1-9(2)17-12(15(3,4)14(18)19)8-10-6-5-7-11(16)13(10)17/h5-9H,1-4H3,(H,18,19). The van der Waals surface area contributed by atoms with Gasteiger partial charge in [0.15, 0.2) is 0 Å². The molecule has 0 saturated carbocycles. The number of fused-ring (bicyclic) bond motifs is 1. The maximum atomic E-state index is 11.5. The van der Waals surface area contributed by atoms with E-state index in [2.05, 4.69) is 0 Å². The lowest BCUT2D eigenvalue weighted by molar-refractivity contribution is -0.142. The predicted octanol–water partition coefficient (Wildman–Crippen LogP) is 4.24. The van der Waals surface area contributed by atoms with Crippen molar-refractivity contribution in [1.29, 1.82) is 0 Å². The van der Waals surface area contributed by atoms with Crippen molar-refractivity contribution in [3.05, 3.63) is 35.0 Å². The molecule has 1 N–H and O–H groups in total. The van der Waals surface area contributed by atoms with Crippen molar-refractivity contribution in [3.8, 4) is 0 Å². The summed E-state index contributed by atoms with van der Waals surface area (Å²) in [6, 6.07) is 7.75. The van der Waals surface area contributed by atoms with Crippen LogP contribution in [0.25, 0.3) is 10.9 Å². The summed E-state index contributed by atoms with van der Waals surface area (Å²) in [5.74, 6) is -0.840. The smallest absolute Gasteiger partial charge is 0.315 e. The highest BCUT2D eigenvalue weighted by atomic mass is 35.5. The number of aromatic nitrogens is 1. The summed E-state index contributed by atoms with van der Waals surface area (Å²) in [6.45, 7) is 7.50. The van der Waals surface area contributed by atoms with Gasteiger partial charge in [-0.2, -0.15) is 0 Å². The van der Waals surface area contributed by atoms with E-state index < -0.39 is 11.4 Å². The average Bonchev–Trinajstić information content (AvgIpc) is 2.70. The van der Waals surface area contributed by atoms with E-state index in [0.717, 1.165) is 16.6 Å². The van der Waals surface area contributed by atoms with Gasteiger partial charge in [-0.25, -0.2) is 0 Å². The number of nitrogens with zero attached hydrogens (tertiary/aromatic N) is 1. The Bertz CT molecular complexity index is 641. The minimum atomic E-state index is -0.952. The molecule has 1 heterocycles. The molecule has 3 nitrogen and oxygen atoms in total. The summed E-state index contributed by atoms with van der Waals surface area (Å²) in [7, 11) is 0. The summed E-state index contributed by atoms with van der Waals surface area (Å²) < 4.78 is 2.02. The van der Waals surface area contributed by atoms with Crippen LogP contribution in [0.4, 0.5) is 0 Å². The topological polar surface area (TPSA) is 42.2 Å². The van der Waals surface area contributed by atoms with Gasteiger partial charge in [0, 0.05) is 17.1 Å². The van der Waals surface area contributed by atoms with Crippen molar-refractivity contribution in [2.75, 3.05) is 0 Å². The highest BCUT2D eigenvalue weighted by Crippen LogP contribution is 2.35. The predicted molar refractivity (Wildman–Crippen MR) is 78.0 cm³/mol. The van der Waals surface area contributed by atoms with Crippen molar-refractivity contribution in [1.82, 2.24) is 4.57 Å². The van der Waals surface area contributed by atoms with E-state index in [4.69, 9.17) is 11.6 Å². The van der Waals surface area contributed by atoms with E-state index >= 15 is 0 Å². The van der Waals surface area contributed by atoms with Gasteiger partial charge in [-0.1, -0.05) is 23.7 Å². The summed E-state index contributed by atoms with van der Waals surface area (Å²) in [4.78, 5) is 11.5. The van der Waals surface area contributed by atoms with Crippen LogP contribution in [0.5, 0.6) is 0 Å². The molecular formula is C15H18ClNO2. The van der Waals surface area contributed by atoms with E-state index in [-0.39, 0.29) is 6.04 Å². The molecular weight excluding hydrogens is 262 g/mol. The Morgan fingerprint density at radius 1 is 1.37 bits per heavy atom. The highest BCUT2D eigenvalue weighted by Gasteiger charge is 2.34. The van der Waals surface area contributed by atoms with Crippen molar-refractivity contribution in [3.63, 3.8) is 0 Å². The second-order valence-electron chi connectivity index (χ2n) is 5.60. The Morgan fingerprint density at radius 2 is 2.00 bits per heavy atom. The molecule has 2 rings (SSSR count). The monoisotopic (exact) mass is 279 g/mol. The van der Waals surface area contributed by atoms with Crippen molar-refractivity contribution in [2.24, 2.45) is 0 Å². The quantitative estimate of drug-likeness (QED) is 0.913. The molecule has 0 amide bonds. The molecule has 0 fully saturated rings. The van der Waals surface area contributed by atoms with Gasteiger partial charge in [-0.3, -0.25) is 4.79 Å². The van der Waals surface area contributed by atoms with Gasteiger partial charge in [0.05, 0.1) is 10.5 Å². The molecule has 0 bridgehead atoms. The highest BCUT2D eigenvalue weighted by molar-refractivity contribution is 6.35. The third-order valence-electron chi connectivity index (χ3n) is 3.50. The minimum absolute atomic E-state index is 0.144. The lowest BCUT2D eigenvalue weighted by Gasteiger charge is -2.24. The van der Waals surface area contributed by atoms with E-state index in [0.29, 0.717) is 5.02 Å². The van der Waals surface area contributed by atoms with Crippen LogP contribution in [0, 0.1) is 0 Å². The Morgan fingerprint density at radius 3 is 2.53 bits per heavy atom. The van der Waals surface area contributed by atoms with Gasteiger partial charge in [-0.15, -0.1) is 0 Å². The number of halogens is 1. The number of carboxylic acids is 1. The third-order valence-corrected chi connectivity index (χ3v) is 3.81. The van der Waals surface area contributed by atoms with Gasteiger partial charge < -0.3 is 9.67 Å². The Hall–Kier alpha value is -1.48. The zero-order valence-electron chi connectivity index (χ0n) is 11.6. The molecule has 0 aliphatic rings. The van der Waals surface area contributed by atoms with Crippen LogP contribution in [0.15, 0.2) is 24.3 Å². The Labute approximate surface area is 117 Å². The first-order chi connectivity index (χ1) is 8.76. The largest absolute Gasteiger partial charge is 0.481 e. The molecule has 0 unspecified atom stereocenters. The van der Waals surface area contributed by atoms with Crippen LogP contribution in [0.3, 0.4) is 0 Å². The molecule has 19 heavy (non-hydrogen) atoms. The second kappa shape index (κ2) is 4.57. The third kappa shape index (κ3) is 2.12. The number of rotatable bonds is 3. The van der Waals surface area contributed by atoms with Gasteiger partial charge in [-0.05, 0) is 39.8 Å². The van der Waals surface area contributed by atoms with Crippen molar-refractivity contribution in [2.45, 2.75) is 39.2 Å². The molecule has 0 radical (unpaired) electrons. The lowest BCUT2D eigenvalue weighted by atomic mass is 9.89. The van der Waals surface area contributed by atoms with E-state index in [9.17, 15) is 9.90 Å². The number of carbonyl (C=O) groups is 1. The van der Waals surface area contributed by atoms with Crippen LogP contribution in [-0.2, 0) is 10.2 Å². The normalized spacial score (nSPS) is 12.3. The van der Waals surface area contributed by atoms with Gasteiger partial charge in [0.2, 0.25) is 0 Å². The molecule has 0 spiro atoms. The SMILES string of the molecule is CC(C)n1c(C(C)(C)C(=O)O)cc2cccc(Cl)c21. The number of carboxylic acid groups (broad SMARTS) is 1. The van der Waals surface area contributed by atoms with Gasteiger partial charge >= 0.3 is 5.97 Å². The van der Waals surface area contributed by atoms with Crippen LogP contribution in [0.1, 0.15) is 39.4 Å². The molecule has 4 heteroatoms. The number of hydrogen-bond acceptors (Lipinski definition) is 1. The maximum Gasteiger partial charge on any atom is 0.315 e. The summed E-state index contributed by atoms with van der Waals surface area (Å²) in [5, 5.41) is 11.1. The second-order valence-corrected chi connectivity index (χ2v) is 6.01. The summed E-state index contributed by atoms with van der Waals surface area (Å²) in [5.41, 5.74) is 0.730. The first kappa shape index (κ1) is 13.9. The number of aliphatic carboxylic acids is 1. The summed E-state index contributed by atoms with van der Waals surface area (Å²) >= 11 is 6.28. The van der Waals surface area contributed by atoms with Crippen LogP contribution in [-0.4, -0.2) is 15.6 Å². The first-order valence-electron chi connectivity index (χ1n) is 6.30. The molecule has 0 atom stereocenters. The van der Waals surface area contributed by atoms with Crippen molar-refractivity contribution >= 4 is 28.5 Å². The van der Waals surface area contributed by atoms with E-state index in [1.54, 1.807) is 13.8 Å². The Balaban J connectivity index is 2.86. The first-order valence-corrected chi connectivity index (χ1v) is 6.68. The number of benzene rings is 1. The fourth-order valence-electron chi connectivity index (χ4n) is 2.37. The molecule has 0 aliphatic heterocycles. The molecule has 102 valence electrons. The summed E-state index contributed by atoms with van der Waals surface area (Å²) in [6.07, 6.45) is 0. The number of hydrogen-bond donors (Lipinski definition) is 1. The fourth-order valence-corrected chi connectivity index (χ4v) is 2.64.